The van der Waals surface area contributed by atoms with Crippen molar-refractivity contribution in [1.82, 2.24) is 39.9 Å². The van der Waals surface area contributed by atoms with E-state index in [1.54, 1.807) is 12.4 Å². The molecule has 0 aromatic carbocycles. The minimum atomic E-state index is -0.838. The molecule has 2 bridgehead atoms. The number of Topliss-reactive ketones (excluding diaryl/α,β-unsaturated/α-hetero) is 1. The van der Waals surface area contributed by atoms with E-state index in [4.69, 9.17) is 10.7 Å². The maximum Gasteiger partial charge on any atom is 0.274 e. The molecule has 12 nitrogen and oxygen atoms in total. The highest BCUT2D eigenvalue weighted by molar-refractivity contribution is 6.00. The van der Waals surface area contributed by atoms with Crippen LogP contribution in [-0.2, 0) is 5.60 Å². The van der Waals surface area contributed by atoms with Gasteiger partial charge in [0.1, 0.15) is 17.1 Å². The van der Waals surface area contributed by atoms with Crippen LogP contribution in [0.2, 0.25) is 0 Å². The van der Waals surface area contributed by atoms with Gasteiger partial charge in [-0.2, -0.15) is 9.61 Å². The number of piperidine rings is 1. The highest BCUT2D eigenvalue weighted by Crippen LogP contribution is 2.45. The van der Waals surface area contributed by atoms with Crippen molar-refractivity contribution in [3.05, 3.63) is 53.4 Å². The van der Waals surface area contributed by atoms with Gasteiger partial charge in [0.2, 0.25) is 0 Å². The van der Waals surface area contributed by atoms with Gasteiger partial charge in [0.25, 0.3) is 5.91 Å². The van der Waals surface area contributed by atoms with Crippen LogP contribution in [0.4, 0.5) is 5.82 Å². The number of aromatic nitrogens is 7. The first kappa shape index (κ1) is 23.9. The summed E-state index contributed by atoms with van der Waals surface area (Å²) in [5.74, 6) is -0.0328. The predicted molar refractivity (Wildman–Crippen MR) is 140 cm³/mol. The fourth-order valence-electron chi connectivity index (χ4n) is 6.66. The lowest BCUT2D eigenvalue weighted by molar-refractivity contribution is -0.0426. The van der Waals surface area contributed by atoms with Gasteiger partial charge in [0, 0.05) is 35.3 Å². The van der Waals surface area contributed by atoms with Crippen LogP contribution in [-0.4, -0.2) is 68.8 Å². The average Bonchev–Trinajstić information content (AvgIpc) is 3.65. The van der Waals surface area contributed by atoms with Gasteiger partial charge in [-0.1, -0.05) is 11.3 Å². The molecule has 0 radical (unpaired) electrons. The minimum absolute atomic E-state index is 0.0297. The van der Waals surface area contributed by atoms with Gasteiger partial charge in [-0.15, -0.1) is 5.10 Å². The number of H-pyrrole nitrogens is 1. The molecule has 200 valence electrons. The number of rotatable bonds is 5. The number of nitrogens with zero attached hydrogens (tertiary/aromatic N) is 7. The Morgan fingerprint density at radius 2 is 1.90 bits per heavy atom. The third-order valence-corrected chi connectivity index (χ3v) is 8.79. The monoisotopic (exact) mass is 527 g/mol. The van der Waals surface area contributed by atoms with Crippen molar-refractivity contribution < 1.29 is 14.7 Å². The summed E-state index contributed by atoms with van der Waals surface area (Å²) in [7, 11) is 0. The average molecular weight is 528 g/mol. The number of aliphatic hydroxyl groups is 1. The summed E-state index contributed by atoms with van der Waals surface area (Å²) in [5.41, 5.74) is 9.93. The standard InChI is InChI=1S/C27H29N9O3/c1-14(37)22-23(16-9-17-4-5-18(10-16)35(17)26(38)20-13-30-34-33-20)32-25-19(12-31-36(25)24(22)28)15-3-6-21(29-11-15)27(39)7-2-8-27/h3,6,11-13,16-18,39H,2,4-5,7-10,28H2,1H3,(H,30,33,34)/t16-,17-,18+. The molecule has 4 aromatic rings. The number of carbonyl (C=O) groups excluding carboxylic acids is 2. The van der Waals surface area contributed by atoms with Crippen LogP contribution in [0.1, 0.15) is 90.0 Å². The van der Waals surface area contributed by atoms with Crippen molar-refractivity contribution in [3.63, 3.8) is 0 Å². The van der Waals surface area contributed by atoms with Gasteiger partial charge >= 0.3 is 0 Å². The van der Waals surface area contributed by atoms with Crippen LogP contribution in [0, 0.1) is 0 Å². The number of anilines is 1. The van der Waals surface area contributed by atoms with E-state index in [2.05, 4.69) is 25.5 Å². The van der Waals surface area contributed by atoms with Crippen molar-refractivity contribution >= 4 is 23.2 Å². The molecule has 0 unspecified atom stereocenters. The smallest absolute Gasteiger partial charge is 0.274 e. The Kier molecular flexibility index (Phi) is 5.31. The summed E-state index contributed by atoms with van der Waals surface area (Å²) in [5, 5.41) is 25.2. The largest absolute Gasteiger partial charge is 0.384 e. The Morgan fingerprint density at radius 3 is 2.49 bits per heavy atom. The van der Waals surface area contributed by atoms with Crippen molar-refractivity contribution in [2.75, 3.05) is 5.73 Å². The van der Waals surface area contributed by atoms with Gasteiger partial charge in [-0.05, 0) is 57.9 Å². The number of carbonyl (C=O) groups is 2. The summed E-state index contributed by atoms with van der Waals surface area (Å²) in [6, 6.07) is 3.83. The third-order valence-electron chi connectivity index (χ3n) is 8.79. The van der Waals surface area contributed by atoms with E-state index in [9.17, 15) is 14.7 Å². The summed E-state index contributed by atoms with van der Waals surface area (Å²) >= 11 is 0. The number of amides is 1. The van der Waals surface area contributed by atoms with Gasteiger partial charge in [0.05, 0.1) is 29.3 Å². The molecule has 2 aliphatic heterocycles. The van der Waals surface area contributed by atoms with E-state index in [1.165, 1.54) is 17.6 Å². The molecule has 3 aliphatic rings. The molecule has 1 aliphatic carbocycles. The second-order valence-electron chi connectivity index (χ2n) is 11.1. The van der Waals surface area contributed by atoms with Crippen LogP contribution in [0.25, 0.3) is 16.8 Å². The summed E-state index contributed by atoms with van der Waals surface area (Å²) in [6.07, 6.45) is 10.5. The van der Waals surface area contributed by atoms with Crippen LogP contribution in [0.5, 0.6) is 0 Å². The number of aromatic amines is 1. The lowest BCUT2D eigenvalue weighted by Gasteiger charge is -2.39. The number of nitrogens with two attached hydrogens (primary N) is 1. The van der Waals surface area contributed by atoms with Gasteiger partial charge in [-0.3, -0.25) is 19.7 Å². The molecule has 0 spiro atoms. The van der Waals surface area contributed by atoms with E-state index >= 15 is 0 Å². The molecule has 3 fully saturated rings. The number of fused-ring (bicyclic) bond motifs is 3. The fraction of sp³-hybridized carbons (Fsp3) is 0.444. The third kappa shape index (κ3) is 3.65. The van der Waals surface area contributed by atoms with Crippen LogP contribution < -0.4 is 5.73 Å². The van der Waals surface area contributed by atoms with Gasteiger partial charge in [-0.25, -0.2) is 4.98 Å². The summed E-state index contributed by atoms with van der Waals surface area (Å²) < 4.78 is 1.52. The highest BCUT2D eigenvalue weighted by Gasteiger charge is 2.45. The number of nitrogens with one attached hydrogen (secondary N) is 1. The molecular weight excluding hydrogens is 498 g/mol. The zero-order valence-electron chi connectivity index (χ0n) is 21.5. The minimum Gasteiger partial charge on any atom is -0.384 e. The predicted octanol–water partition coefficient (Wildman–Crippen LogP) is 2.62. The molecule has 6 heterocycles. The van der Waals surface area contributed by atoms with E-state index in [-0.39, 0.29) is 35.5 Å². The number of ketones is 1. The number of hydrogen-bond donors (Lipinski definition) is 3. The van der Waals surface area contributed by atoms with E-state index in [0.29, 0.717) is 41.1 Å². The molecule has 1 amide bonds. The number of pyridine rings is 1. The summed E-state index contributed by atoms with van der Waals surface area (Å²) in [4.78, 5) is 37.5. The molecular formula is C27H29N9O3. The molecule has 1 saturated carbocycles. The second-order valence-corrected chi connectivity index (χ2v) is 11.1. The Hall–Kier alpha value is -4.19. The topological polar surface area (TPSA) is 168 Å². The number of hydrogen-bond acceptors (Lipinski definition) is 9. The molecule has 2 saturated heterocycles. The van der Waals surface area contributed by atoms with Crippen LogP contribution in [0.3, 0.4) is 0 Å². The maximum atomic E-state index is 13.1. The zero-order chi connectivity index (χ0) is 26.9. The molecule has 4 N–H and O–H groups in total. The Morgan fingerprint density at radius 1 is 1.13 bits per heavy atom. The van der Waals surface area contributed by atoms with Crippen LogP contribution in [0.15, 0.2) is 30.7 Å². The quantitative estimate of drug-likeness (QED) is 0.330. The molecule has 39 heavy (non-hydrogen) atoms. The van der Waals surface area contributed by atoms with Gasteiger partial charge < -0.3 is 15.7 Å². The second kappa shape index (κ2) is 8.67. The van der Waals surface area contributed by atoms with Crippen LogP contribution >= 0.6 is 0 Å². The van der Waals surface area contributed by atoms with E-state index < -0.39 is 5.60 Å². The molecule has 7 rings (SSSR count). The van der Waals surface area contributed by atoms with Crippen molar-refractivity contribution in [3.8, 4) is 11.1 Å². The molecule has 4 aromatic heterocycles. The SMILES string of the molecule is CC(=O)c1c([C@@H]2C[C@H]3CC[C@@H](C2)N3C(=O)c2cnn[nH]2)nc2c(-c3ccc(C4(O)CCC4)nc3)cnn2c1N. The van der Waals surface area contributed by atoms with Crippen molar-refractivity contribution in [2.45, 2.75) is 75.5 Å². The van der Waals surface area contributed by atoms with Gasteiger partial charge in [0.15, 0.2) is 11.4 Å². The zero-order valence-corrected chi connectivity index (χ0v) is 21.5. The van der Waals surface area contributed by atoms with Crippen molar-refractivity contribution in [1.29, 1.82) is 0 Å². The Balaban J connectivity index is 1.26. The lowest BCUT2D eigenvalue weighted by Crippen LogP contribution is -2.46. The molecule has 12 heteroatoms. The Bertz CT molecular complexity index is 1580. The first-order valence-corrected chi connectivity index (χ1v) is 13.4. The molecule has 3 atom stereocenters. The van der Waals surface area contributed by atoms with E-state index in [1.807, 2.05) is 17.0 Å². The Labute approximate surface area is 223 Å². The summed E-state index contributed by atoms with van der Waals surface area (Å²) in [6.45, 7) is 1.50. The van der Waals surface area contributed by atoms with Crippen molar-refractivity contribution in [2.24, 2.45) is 0 Å². The lowest BCUT2D eigenvalue weighted by atomic mass is 9.77. The first-order chi connectivity index (χ1) is 18.8. The van der Waals surface area contributed by atoms with E-state index in [0.717, 1.165) is 43.2 Å². The normalized spacial score (nSPS) is 23.6. The highest BCUT2D eigenvalue weighted by atomic mass is 16.3. The first-order valence-electron chi connectivity index (χ1n) is 13.4. The maximum absolute atomic E-state index is 13.1. The fourth-order valence-corrected chi connectivity index (χ4v) is 6.66. The number of nitrogen functional groups attached to an aromatic ring is 1.